The van der Waals surface area contributed by atoms with Gasteiger partial charge in [-0.05, 0) is 32.1 Å². The van der Waals surface area contributed by atoms with Gasteiger partial charge >= 0.3 is 6.03 Å². The molecule has 5 nitrogen and oxygen atoms in total. The normalized spacial score (nSPS) is 24.9. The van der Waals surface area contributed by atoms with E-state index in [1.165, 1.54) is 0 Å². The van der Waals surface area contributed by atoms with Crippen LogP contribution in [0.5, 0.6) is 0 Å². The number of carbonyl (C=O) groups is 1. The molecule has 112 valence electrons. The van der Waals surface area contributed by atoms with Gasteiger partial charge in [-0.25, -0.2) is 4.79 Å². The molecule has 1 aliphatic rings. The molecule has 0 aromatic heterocycles. The van der Waals surface area contributed by atoms with Gasteiger partial charge in [0.15, 0.2) is 0 Å². The van der Waals surface area contributed by atoms with Crippen molar-refractivity contribution in [2.24, 2.45) is 5.41 Å². The lowest BCUT2D eigenvalue weighted by Crippen LogP contribution is -2.56. The summed E-state index contributed by atoms with van der Waals surface area (Å²) in [4.78, 5) is 12.0. The van der Waals surface area contributed by atoms with Crippen LogP contribution in [0.2, 0.25) is 0 Å². The number of ether oxygens (including phenoxy) is 1. The summed E-state index contributed by atoms with van der Waals surface area (Å²) >= 11 is 0. The smallest absolute Gasteiger partial charge is 0.315 e. The number of aliphatic hydroxyl groups is 1. The highest BCUT2D eigenvalue weighted by Gasteiger charge is 2.29. The first-order chi connectivity index (χ1) is 8.59. The van der Waals surface area contributed by atoms with Crippen molar-refractivity contribution in [2.45, 2.75) is 65.1 Å². The first-order valence-electron chi connectivity index (χ1n) is 6.94. The Morgan fingerprint density at radius 3 is 2.47 bits per heavy atom. The van der Waals surface area contributed by atoms with E-state index < -0.39 is 6.10 Å². The predicted octanol–water partition coefficient (Wildman–Crippen LogP) is 1.65. The zero-order chi connectivity index (χ0) is 14.7. The van der Waals surface area contributed by atoms with Crippen molar-refractivity contribution in [3.05, 3.63) is 0 Å². The van der Waals surface area contributed by atoms with Gasteiger partial charge in [0.2, 0.25) is 0 Å². The highest BCUT2D eigenvalue weighted by molar-refractivity contribution is 5.75. The molecule has 0 spiro atoms. The molecule has 1 aliphatic heterocycles. The van der Waals surface area contributed by atoms with E-state index >= 15 is 0 Å². The largest absolute Gasteiger partial charge is 0.389 e. The number of carbonyl (C=O) groups excluding carboxylic acids is 1. The minimum atomic E-state index is -0.620. The average molecular weight is 272 g/mol. The van der Waals surface area contributed by atoms with Gasteiger partial charge in [0.1, 0.15) is 0 Å². The lowest BCUT2D eigenvalue weighted by atomic mass is 9.82. The Bertz CT molecular complexity index is 310. The van der Waals surface area contributed by atoms with E-state index in [-0.39, 0.29) is 29.6 Å². The molecule has 2 amide bonds. The van der Waals surface area contributed by atoms with Crippen LogP contribution in [0.15, 0.2) is 0 Å². The Labute approximate surface area is 116 Å². The summed E-state index contributed by atoms with van der Waals surface area (Å²) in [5.74, 6) is 0. The Morgan fingerprint density at radius 1 is 1.32 bits per heavy atom. The highest BCUT2D eigenvalue weighted by atomic mass is 16.5. The van der Waals surface area contributed by atoms with Gasteiger partial charge in [-0.3, -0.25) is 0 Å². The fraction of sp³-hybridized carbons (Fsp3) is 0.929. The minimum Gasteiger partial charge on any atom is -0.389 e. The molecule has 0 aromatic carbocycles. The van der Waals surface area contributed by atoms with Gasteiger partial charge in [0.25, 0.3) is 0 Å². The zero-order valence-corrected chi connectivity index (χ0v) is 12.7. The average Bonchev–Trinajstić information content (AvgIpc) is 2.16. The Balaban J connectivity index is 2.45. The zero-order valence-electron chi connectivity index (χ0n) is 12.7. The van der Waals surface area contributed by atoms with E-state index in [4.69, 9.17) is 4.74 Å². The molecule has 0 bridgehead atoms. The van der Waals surface area contributed by atoms with E-state index in [0.717, 1.165) is 6.42 Å². The Kier molecular flexibility index (Phi) is 5.21. The lowest BCUT2D eigenvalue weighted by molar-refractivity contribution is -0.0249. The first-order valence-corrected chi connectivity index (χ1v) is 6.94. The van der Waals surface area contributed by atoms with Crippen molar-refractivity contribution in [3.8, 4) is 0 Å². The number of aliphatic hydroxyl groups excluding tert-OH is 1. The number of rotatable bonds is 3. The van der Waals surface area contributed by atoms with Crippen molar-refractivity contribution in [1.82, 2.24) is 10.6 Å². The van der Waals surface area contributed by atoms with Gasteiger partial charge in [-0.15, -0.1) is 0 Å². The maximum atomic E-state index is 12.0. The molecule has 5 heteroatoms. The van der Waals surface area contributed by atoms with Crippen molar-refractivity contribution >= 4 is 6.03 Å². The van der Waals surface area contributed by atoms with Crippen LogP contribution in [0, 0.1) is 5.41 Å². The summed E-state index contributed by atoms with van der Waals surface area (Å²) in [7, 11) is 0. The minimum absolute atomic E-state index is 0.148. The molecule has 3 N–H and O–H groups in total. The van der Waals surface area contributed by atoms with Crippen LogP contribution < -0.4 is 10.6 Å². The predicted molar refractivity (Wildman–Crippen MR) is 75.0 cm³/mol. The van der Waals surface area contributed by atoms with Crippen molar-refractivity contribution in [1.29, 1.82) is 0 Å². The number of nitrogens with one attached hydrogen (secondary N) is 2. The van der Waals surface area contributed by atoms with Crippen molar-refractivity contribution < 1.29 is 14.6 Å². The van der Waals surface area contributed by atoms with E-state index in [9.17, 15) is 9.90 Å². The van der Waals surface area contributed by atoms with Crippen LogP contribution in [-0.4, -0.2) is 42.0 Å². The molecule has 0 saturated carbocycles. The molecule has 1 rings (SSSR count). The fourth-order valence-corrected chi connectivity index (χ4v) is 2.77. The van der Waals surface area contributed by atoms with E-state index in [1.54, 1.807) is 0 Å². The Morgan fingerprint density at radius 2 is 1.95 bits per heavy atom. The monoisotopic (exact) mass is 272 g/mol. The molecule has 0 aromatic rings. The third kappa shape index (κ3) is 6.25. The topological polar surface area (TPSA) is 70.6 Å². The second kappa shape index (κ2) is 6.09. The summed E-state index contributed by atoms with van der Waals surface area (Å²) in [6.07, 6.45) is 0.906. The van der Waals surface area contributed by atoms with Crippen LogP contribution in [0.3, 0.4) is 0 Å². The van der Waals surface area contributed by atoms with E-state index in [0.29, 0.717) is 13.0 Å². The summed E-state index contributed by atoms with van der Waals surface area (Å²) in [6.45, 7) is 11.3. The van der Waals surface area contributed by atoms with Crippen molar-refractivity contribution in [3.63, 3.8) is 0 Å². The molecule has 0 radical (unpaired) electrons. The van der Waals surface area contributed by atoms with Gasteiger partial charge < -0.3 is 20.5 Å². The first kappa shape index (κ1) is 16.2. The SMILES string of the molecule is CC(C)(C)CC(C)(C)NC(=O)N[C@@H]1CCOC[C@H]1O. The molecule has 19 heavy (non-hydrogen) atoms. The molecule has 0 unspecified atom stereocenters. The number of urea groups is 1. The second-order valence-electron chi connectivity index (χ2n) is 7.26. The Hall–Kier alpha value is -0.810. The van der Waals surface area contributed by atoms with E-state index in [2.05, 4.69) is 31.4 Å². The number of amides is 2. The van der Waals surface area contributed by atoms with E-state index in [1.807, 2.05) is 13.8 Å². The summed E-state index contributed by atoms with van der Waals surface area (Å²) < 4.78 is 5.14. The summed E-state index contributed by atoms with van der Waals surface area (Å²) in [5.41, 5.74) is -0.132. The van der Waals surface area contributed by atoms with Crippen LogP contribution in [0.1, 0.15) is 47.5 Å². The maximum Gasteiger partial charge on any atom is 0.315 e. The van der Waals surface area contributed by atoms with Gasteiger partial charge in [-0.1, -0.05) is 20.8 Å². The van der Waals surface area contributed by atoms with Gasteiger partial charge in [-0.2, -0.15) is 0 Å². The van der Waals surface area contributed by atoms with Crippen LogP contribution in [-0.2, 0) is 4.74 Å². The maximum absolute atomic E-state index is 12.0. The standard InChI is InChI=1S/C14H28N2O3/c1-13(2,3)9-14(4,5)16-12(18)15-10-6-7-19-8-11(10)17/h10-11,17H,6-9H2,1-5H3,(H2,15,16,18)/t10-,11-/m1/s1. The third-order valence-corrected chi connectivity index (χ3v) is 3.07. The number of hydrogen-bond acceptors (Lipinski definition) is 3. The van der Waals surface area contributed by atoms with Gasteiger partial charge in [0.05, 0.1) is 18.8 Å². The van der Waals surface area contributed by atoms with Crippen LogP contribution >= 0.6 is 0 Å². The molecular formula is C14H28N2O3. The lowest BCUT2D eigenvalue weighted by Gasteiger charge is -2.35. The number of hydrogen-bond donors (Lipinski definition) is 3. The fourth-order valence-electron chi connectivity index (χ4n) is 2.77. The van der Waals surface area contributed by atoms with Crippen molar-refractivity contribution in [2.75, 3.05) is 13.2 Å². The summed E-state index contributed by atoms with van der Waals surface area (Å²) in [6, 6.07) is -0.445. The summed E-state index contributed by atoms with van der Waals surface area (Å²) in [5, 5.41) is 15.5. The van der Waals surface area contributed by atoms with Crippen LogP contribution in [0.4, 0.5) is 4.79 Å². The molecule has 1 saturated heterocycles. The molecule has 0 aliphatic carbocycles. The molecule has 1 fully saturated rings. The highest BCUT2D eigenvalue weighted by Crippen LogP contribution is 2.26. The second-order valence-corrected chi connectivity index (χ2v) is 7.26. The third-order valence-electron chi connectivity index (χ3n) is 3.07. The van der Waals surface area contributed by atoms with Gasteiger partial charge in [0, 0.05) is 12.1 Å². The molecule has 2 atom stereocenters. The van der Waals surface area contributed by atoms with Crippen LogP contribution in [0.25, 0.3) is 0 Å². The molecular weight excluding hydrogens is 244 g/mol. The quantitative estimate of drug-likeness (QED) is 0.731. The molecule has 1 heterocycles.